The lowest BCUT2D eigenvalue weighted by molar-refractivity contribution is -0.140. The Bertz CT molecular complexity index is 638. The van der Waals surface area contributed by atoms with Gasteiger partial charge in [-0.2, -0.15) is 13.2 Å². The number of halogens is 4. The molecule has 0 aliphatic heterocycles. The summed E-state index contributed by atoms with van der Waals surface area (Å²) in [7, 11) is 0. The van der Waals surface area contributed by atoms with Crippen molar-refractivity contribution in [1.29, 1.82) is 0 Å². The molecule has 2 aromatic rings. The van der Waals surface area contributed by atoms with E-state index in [1.54, 1.807) is 24.3 Å². The number of rotatable bonds is 3. The average Bonchev–Trinajstić information content (AvgIpc) is 2.45. The Hall–Kier alpha value is -2.37. The second-order valence-electron chi connectivity index (χ2n) is 4.26. The zero-order valence-corrected chi connectivity index (χ0v) is 10.7. The van der Waals surface area contributed by atoms with Crippen LogP contribution in [0.1, 0.15) is 21.5 Å². The Morgan fingerprint density at radius 3 is 2.43 bits per heavy atom. The van der Waals surface area contributed by atoms with Gasteiger partial charge in [-0.25, -0.2) is 4.39 Å². The molecule has 0 aliphatic rings. The third-order valence-electron chi connectivity index (χ3n) is 2.79. The number of carbonyl (C=O) groups is 1. The summed E-state index contributed by atoms with van der Waals surface area (Å²) in [6.45, 7) is 0.0865. The van der Waals surface area contributed by atoms with Crippen LogP contribution in [0.2, 0.25) is 0 Å². The minimum atomic E-state index is -4.84. The van der Waals surface area contributed by atoms with Gasteiger partial charge < -0.3 is 5.32 Å². The van der Waals surface area contributed by atoms with E-state index in [4.69, 9.17) is 0 Å². The van der Waals surface area contributed by atoms with Gasteiger partial charge in [0.1, 0.15) is 5.82 Å². The standard InChI is InChI=1S/C15H10F4NO/c16-13-11(7-4-8-12(13)15(17,18)19)14(21)20-9-10-5-2-1-3-6-10/h2-8H,9H2,(H,20,21). The molecule has 0 fully saturated rings. The Kier molecular flexibility index (Phi) is 4.26. The molecular formula is C15H10F4NO. The molecule has 6 heteroatoms. The molecule has 0 saturated heterocycles. The molecule has 0 aromatic heterocycles. The van der Waals surface area contributed by atoms with E-state index in [9.17, 15) is 22.4 Å². The number of hydrogen-bond acceptors (Lipinski definition) is 1. The van der Waals surface area contributed by atoms with Crippen LogP contribution in [0.25, 0.3) is 0 Å². The van der Waals surface area contributed by atoms with Gasteiger partial charge >= 0.3 is 6.18 Å². The van der Waals surface area contributed by atoms with Crippen molar-refractivity contribution in [2.75, 3.05) is 0 Å². The number of hydrogen-bond donors (Lipinski definition) is 1. The molecule has 21 heavy (non-hydrogen) atoms. The van der Waals surface area contributed by atoms with Crippen LogP contribution in [-0.4, -0.2) is 5.91 Å². The second-order valence-corrected chi connectivity index (χ2v) is 4.26. The fourth-order valence-electron chi connectivity index (χ4n) is 1.74. The summed E-state index contributed by atoms with van der Waals surface area (Å²) in [6.07, 6.45) is -4.84. The molecule has 0 heterocycles. The smallest absolute Gasteiger partial charge is 0.348 e. The SMILES string of the molecule is O=C(NCc1cc[c]cc1)c1cccc(C(F)(F)F)c1F. The minimum Gasteiger partial charge on any atom is -0.348 e. The van der Waals surface area contributed by atoms with E-state index in [0.29, 0.717) is 6.07 Å². The van der Waals surface area contributed by atoms with Crippen LogP contribution in [0.4, 0.5) is 17.6 Å². The maximum Gasteiger partial charge on any atom is 0.419 e. The van der Waals surface area contributed by atoms with E-state index >= 15 is 0 Å². The fourth-order valence-corrected chi connectivity index (χ4v) is 1.74. The first-order chi connectivity index (χ1) is 9.89. The van der Waals surface area contributed by atoms with Gasteiger partial charge in [0.15, 0.2) is 0 Å². The molecule has 0 spiro atoms. The van der Waals surface area contributed by atoms with Crippen molar-refractivity contribution < 1.29 is 22.4 Å². The second kappa shape index (κ2) is 5.95. The van der Waals surface area contributed by atoms with Crippen LogP contribution in [0.5, 0.6) is 0 Å². The summed E-state index contributed by atoms with van der Waals surface area (Å²) < 4.78 is 51.5. The van der Waals surface area contributed by atoms with E-state index in [-0.39, 0.29) is 6.54 Å². The lowest BCUT2D eigenvalue weighted by Gasteiger charge is -2.11. The lowest BCUT2D eigenvalue weighted by Crippen LogP contribution is -2.25. The summed E-state index contributed by atoms with van der Waals surface area (Å²) in [5, 5.41) is 2.37. The molecule has 0 aliphatic carbocycles. The summed E-state index contributed by atoms with van der Waals surface area (Å²) in [5.41, 5.74) is -1.36. The van der Waals surface area contributed by atoms with Crippen molar-refractivity contribution in [2.24, 2.45) is 0 Å². The van der Waals surface area contributed by atoms with Gasteiger partial charge in [0.2, 0.25) is 0 Å². The Morgan fingerprint density at radius 1 is 1.14 bits per heavy atom. The number of carbonyl (C=O) groups excluding carboxylic acids is 1. The first-order valence-corrected chi connectivity index (χ1v) is 5.98. The predicted molar refractivity (Wildman–Crippen MR) is 67.9 cm³/mol. The summed E-state index contributed by atoms with van der Waals surface area (Å²) >= 11 is 0. The molecule has 2 rings (SSSR count). The quantitative estimate of drug-likeness (QED) is 0.862. The van der Waals surface area contributed by atoms with Crippen LogP contribution in [0.15, 0.2) is 42.5 Å². The van der Waals surface area contributed by atoms with Crippen molar-refractivity contribution in [1.82, 2.24) is 5.32 Å². The summed E-state index contributed by atoms with van der Waals surface area (Å²) in [5.74, 6) is -2.46. The minimum absolute atomic E-state index is 0.0865. The van der Waals surface area contributed by atoms with Gasteiger partial charge in [-0.1, -0.05) is 30.3 Å². The average molecular weight is 296 g/mol. The van der Waals surface area contributed by atoms with Gasteiger partial charge in [-0.15, -0.1) is 0 Å². The van der Waals surface area contributed by atoms with Crippen LogP contribution >= 0.6 is 0 Å². The maximum absolute atomic E-state index is 13.8. The first-order valence-electron chi connectivity index (χ1n) is 5.98. The topological polar surface area (TPSA) is 29.1 Å². The van der Waals surface area contributed by atoms with Gasteiger partial charge in [0.05, 0.1) is 11.1 Å². The van der Waals surface area contributed by atoms with Crippen molar-refractivity contribution in [3.05, 3.63) is 71.0 Å². The third kappa shape index (κ3) is 3.59. The van der Waals surface area contributed by atoms with E-state index in [1.807, 2.05) is 0 Å². The molecule has 109 valence electrons. The van der Waals surface area contributed by atoms with Crippen molar-refractivity contribution in [2.45, 2.75) is 12.7 Å². The van der Waals surface area contributed by atoms with Crippen LogP contribution in [-0.2, 0) is 12.7 Å². The van der Waals surface area contributed by atoms with Crippen LogP contribution < -0.4 is 5.32 Å². The van der Waals surface area contributed by atoms with E-state index < -0.39 is 29.0 Å². The largest absolute Gasteiger partial charge is 0.419 e. The third-order valence-corrected chi connectivity index (χ3v) is 2.79. The van der Waals surface area contributed by atoms with E-state index in [2.05, 4.69) is 11.4 Å². The summed E-state index contributed by atoms with van der Waals surface area (Å²) in [6, 6.07) is 12.0. The van der Waals surface area contributed by atoms with Crippen molar-refractivity contribution in [3.8, 4) is 0 Å². The predicted octanol–water partition coefficient (Wildman–Crippen LogP) is 3.57. The molecule has 1 radical (unpaired) electrons. The highest BCUT2D eigenvalue weighted by molar-refractivity contribution is 5.94. The molecule has 1 amide bonds. The number of benzene rings is 2. The molecule has 0 saturated carbocycles. The van der Waals surface area contributed by atoms with Crippen LogP contribution in [0, 0.1) is 11.9 Å². The Labute approximate surface area is 118 Å². The molecule has 0 atom stereocenters. The molecule has 0 unspecified atom stereocenters. The van der Waals surface area contributed by atoms with Crippen molar-refractivity contribution >= 4 is 5.91 Å². The highest BCUT2D eigenvalue weighted by Crippen LogP contribution is 2.32. The van der Waals surface area contributed by atoms with Gasteiger partial charge in [0.25, 0.3) is 5.91 Å². The highest BCUT2D eigenvalue weighted by Gasteiger charge is 2.35. The highest BCUT2D eigenvalue weighted by atomic mass is 19.4. The molecule has 2 nitrogen and oxygen atoms in total. The van der Waals surface area contributed by atoms with Gasteiger partial charge in [-0.3, -0.25) is 4.79 Å². The fraction of sp³-hybridized carbons (Fsp3) is 0.133. The Balaban J connectivity index is 2.17. The lowest BCUT2D eigenvalue weighted by atomic mass is 10.1. The van der Waals surface area contributed by atoms with Gasteiger partial charge in [0, 0.05) is 6.54 Å². The monoisotopic (exact) mass is 296 g/mol. The molecule has 1 N–H and O–H groups in total. The zero-order chi connectivity index (χ0) is 15.5. The number of alkyl halides is 3. The van der Waals surface area contributed by atoms with Gasteiger partial charge in [-0.05, 0) is 23.8 Å². The molecule has 0 bridgehead atoms. The number of amides is 1. The molecule has 2 aromatic carbocycles. The summed E-state index contributed by atoms with van der Waals surface area (Å²) in [4.78, 5) is 11.8. The normalized spacial score (nSPS) is 11.2. The van der Waals surface area contributed by atoms with Crippen molar-refractivity contribution in [3.63, 3.8) is 0 Å². The molecular weight excluding hydrogens is 286 g/mol. The first kappa shape index (κ1) is 15.0. The Morgan fingerprint density at radius 2 is 1.81 bits per heavy atom. The van der Waals surface area contributed by atoms with E-state index in [1.165, 1.54) is 0 Å². The zero-order valence-electron chi connectivity index (χ0n) is 10.7. The maximum atomic E-state index is 13.8. The van der Waals surface area contributed by atoms with Crippen LogP contribution in [0.3, 0.4) is 0 Å². The van der Waals surface area contributed by atoms with E-state index in [0.717, 1.165) is 17.7 Å². The number of nitrogens with one attached hydrogen (secondary N) is 1.